The van der Waals surface area contributed by atoms with E-state index in [2.05, 4.69) is 5.32 Å². The highest BCUT2D eigenvalue weighted by Crippen LogP contribution is 2.30. The summed E-state index contributed by atoms with van der Waals surface area (Å²) in [6.07, 6.45) is 4.17. The summed E-state index contributed by atoms with van der Waals surface area (Å²) in [6.45, 7) is 5.44. The minimum absolute atomic E-state index is 0.00310. The topological polar surface area (TPSA) is 75.4 Å². The fraction of sp³-hybridized carbons (Fsp3) is 0.867. The van der Waals surface area contributed by atoms with Crippen molar-refractivity contribution in [3.05, 3.63) is 0 Å². The Morgan fingerprint density at radius 1 is 1.30 bits per heavy atom. The molecule has 1 saturated carbocycles. The summed E-state index contributed by atoms with van der Waals surface area (Å²) in [4.78, 5) is 25.7. The Morgan fingerprint density at radius 2 is 1.95 bits per heavy atom. The van der Waals surface area contributed by atoms with Gasteiger partial charge >= 0.3 is 0 Å². The number of nitrogens with two attached hydrogens (primary N) is 1. The fourth-order valence-electron chi connectivity index (χ4n) is 2.77. The Hall–Kier alpha value is -1.10. The van der Waals surface area contributed by atoms with Crippen LogP contribution in [0.1, 0.15) is 39.5 Å². The van der Waals surface area contributed by atoms with E-state index in [9.17, 15) is 9.59 Å². The van der Waals surface area contributed by atoms with E-state index in [1.54, 1.807) is 11.9 Å². The first kappa shape index (κ1) is 17.0. The molecule has 2 amide bonds. The molecule has 5 heteroatoms. The number of rotatable bonds is 6. The van der Waals surface area contributed by atoms with E-state index in [1.165, 1.54) is 0 Å². The summed E-state index contributed by atoms with van der Waals surface area (Å²) in [5.41, 5.74) is 5.76. The van der Waals surface area contributed by atoms with Crippen LogP contribution in [0, 0.1) is 17.8 Å². The van der Waals surface area contributed by atoms with Crippen LogP contribution in [0.3, 0.4) is 0 Å². The SMILES string of the molecule is CC(C)CNC(=O)CN(C)C(=O)C1CCCCC1CN. The summed E-state index contributed by atoms with van der Waals surface area (Å²) in [5.74, 6) is 0.670. The first-order valence-corrected chi connectivity index (χ1v) is 7.67. The molecule has 0 aromatic rings. The second-order valence-electron chi connectivity index (χ2n) is 6.28. The van der Waals surface area contributed by atoms with E-state index in [-0.39, 0.29) is 30.2 Å². The van der Waals surface area contributed by atoms with Gasteiger partial charge in [0.1, 0.15) is 0 Å². The Labute approximate surface area is 122 Å². The molecule has 1 aliphatic carbocycles. The lowest BCUT2D eigenvalue weighted by molar-refractivity contribution is -0.140. The molecule has 0 aromatic heterocycles. The van der Waals surface area contributed by atoms with Gasteiger partial charge in [-0.3, -0.25) is 9.59 Å². The predicted octanol–water partition coefficient (Wildman–Crippen LogP) is 0.982. The van der Waals surface area contributed by atoms with Crippen molar-refractivity contribution >= 4 is 11.8 Å². The molecule has 1 aliphatic rings. The molecule has 2 atom stereocenters. The van der Waals surface area contributed by atoms with Gasteiger partial charge in [0, 0.05) is 19.5 Å². The maximum absolute atomic E-state index is 12.4. The van der Waals surface area contributed by atoms with Crippen LogP contribution in [0.2, 0.25) is 0 Å². The van der Waals surface area contributed by atoms with Crippen LogP contribution in [0.4, 0.5) is 0 Å². The molecule has 116 valence electrons. The van der Waals surface area contributed by atoms with Gasteiger partial charge in [-0.15, -0.1) is 0 Å². The van der Waals surface area contributed by atoms with Crippen molar-refractivity contribution in [3.63, 3.8) is 0 Å². The van der Waals surface area contributed by atoms with Crippen molar-refractivity contribution in [1.82, 2.24) is 10.2 Å². The van der Waals surface area contributed by atoms with Gasteiger partial charge in [0.15, 0.2) is 0 Å². The molecule has 5 nitrogen and oxygen atoms in total. The zero-order valence-corrected chi connectivity index (χ0v) is 13.0. The number of hydrogen-bond acceptors (Lipinski definition) is 3. The zero-order chi connectivity index (χ0) is 15.1. The Kier molecular flexibility index (Phi) is 6.99. The second-order valence-corrected chi connectivity index (χ2v) is 6.28. The van der Waals surface area contributed by atoms with E-state index in [0.717, 1.165) is 25.7 Å². The van der Waals surface area contributed by atoms with E-state index in [0.29, 0.717) is 19.0 Å². The summed E-state index contributed by atoms with van der Waals surface area (Å²) in [6, 6.07) is 0. The van der Waals surface area contributed by atoms with Crippen molar-refractivity contribution in [2.75, 3.05) is 26.7 Å². The Morgan fingerprint density at radius 3 is 2.55 bits per heavy atom. The monoisotopic (exact) mass is 283 g/mol. The Bertz CT molecular complexity index is 331. The van der Waals surface area contributed by atoms with Crippen molar-refractivity contribution < 1.29 is 9.59 Å². The summed E-state index contributed by atoms with van der Waals surface area (Å²) < 4.78 is 0. The van der Waals surface area contributed by atoms with Crippen LogP contribution >= 0.6 is 0 Å². The molecule has 0 radical (unpaired) electrons. The minimum atomic E-state index is -0.0883. The summed E-state index contributed by atoms with van der Waals surface area (Å²) in [5, 5.41) is 2.84. The number of hydrogen-bond donors (Lipinski definition) is 2. The third-order valence-corrected chi connectivity index (χ3v) is 3.99. The van der Waals surface area contributed by atoms with E-state index < -0.39 is 0 Å². The molecule has 3 N–H and O–H groups in total. The standard InChI is InChI=1S/C15H29N3O2/c1-11(2)9-17-14(19)10-18(3)15(20)13-7-5-4-6-12(13)8-16/h11-13H,4-10,16H2,1-3H3,(H,17,19). The van der Waals surface area contributed by atoms with Gasteiger partial charge in [-0.25, -0.2) is 0 Å². The van der Waals surface area contributed by atoms with Gasteiger partial charge in [-0.05, 0) is 31.2 Å². The third kappa shape index (κ3) is 5.12. The normalized spacial score (nSPS) is 22.6. The lowest BCUT2D eigenvalue weighted by Gasteiger charge is -2.32. The van der Waals surface area contributed by atoms with Crippen LogP contribution in [0.25, 0.3) is 0 Å². The molecule has 0 aromatic carbocycles. The minimum Gasteiger partial charge on any atom is -0.354 e. The van der Waals surface area contributed by atoms with Gasteiger partial charge in [-0.1, -0.05) is 26.7 Å². The van der Waals surface area contributed by atoms with E-state index in [1.807, 2.05) is 13.8 Å². The van der Waals surface area contributed by atoms with Crippen molar-refractivity contribution in [1.29, 1.82) is 0 Å². The maximum Gasteiger partial charge on any atom is 0.239 e. The molecule has 0 spiro atoms. The summed E-state index contributed by atoms with van der Waals surface area (Å²) in [7, 11) is 1.71. The van der Waals surface area contributed by atoms with Crippen molar-refractivity contribution in [3.8, 4) is 0 Å². The number of carbonyl (C=O) groups excluding carboxylic acids is 2. The zero-order valence-electron chi connectivity index (χ0n) is 13.0. The lowest BCUT2D eigenvalue weighted by Crippen LogP contribution is -2.45. The fourth-order valence-corrected chi connectivity index (χ4v) is 2.77. The lowest BCUT2D eigenvalue weighted by atomic mass is 9.78. The van der Waals surface area contributed by atoms with Gasteiger partial charge in [0.05, 0.1) is 6.54 Å². The number of likely N-dealkylation sites (N-methyl/N-ethyl adjacent to an activating group) is 1. The molecular formula is C15H29N3O2. The van der Waals surface area contributed by atoms with Crippen LogP contribution in [0.15, 0.2) is 0 Å². The van der Waals surface area contributed by atoms with Gasteiger partial charge in [0.2, 0.25) is 11.8 Å². The number of nitrogens with one attached hydrogen (secondary N) is 1. The first-order chi connectivity index (χ1) is 9.45. The van der Waals surface area contributed by atoms with Crippen LogP contribution < -0.4 is 11.1 Å². The van der Waals surface area contributed by atoms with E-state index in [4.69, 9.17) is 5.73 Å². The molecule has 1 fully saturated rings. The van der Waals surface area contributed by atoms with Crippen LogP contribution in [-0.4, -0.2) is 43.4 Å². The van der Waals surface area contributed by atoms with Gasteiger partial charge < -0.3 is 16.0 Å². The first-order valence-electron chi connectivity index (χ1n) is 7.67. The maximum atomic E-state index is 12.4. The second kappa shape index (κ2) is 8.25. The molecular weight excluding hydrogens is 254 g/mol. The molecule has 20 heavy (non-hydrogen) atoms. The molecule has 2 unspecified atom stereocenters. The molecule has 1 rings (SSSR count). The average molecular weight is 283 g/mol. The average Bonchev–Trinajstić information content (AvgIpc) is 2.44. The molecule has 0 saturated heterocycles. The van der Waals surface area contributed by atoms with E-state index >= 15 is 0 Å². The molecule has 0 heterocycles. The highest BCUT2D eigenvalue weighted by molar-refractivity contribution is 5.85. The smallest absolute Gasteiger partial charge is 0.239 e. The highest BCUT2D eigenvalue weighted by Gasteiger charge is 2.32. The van der Waals surface area contributed by atoms with Gasteiger partial charge in [-0.2, -0.15) is 0 Å². The largest absolute Gasteiger partial charge is 0.354 e. The Balaban J connectivity index is 2.46. The predicted molar refractivity (Wildman–Crippen MR) is 80.0 cm³/mol. The highest BCUT2D eigenvalue weighted by atomic mass is 16.2. The third-order valence-electron chi connectivity index (χ3n) is 3.99. The van der Waals surface area contributed by atoms with Crippen molar-refractivity contribution in [2.45, 2.75) is 39.5 Å². The van der Waals surface area contributed by atoms with Crippen LogP contribution in [0.5, 0.6) is 0 Å². The number of carbonyl (C=O) groups is 2. The molecule has 0 bridgehead atoms. The number of nitrogens with zero attached hydrogens (tertiary/aromatic N) is 1. The van der Waals surface area contributed by atoms with Crippen molar-refractivity contribution in [2.24, 2.45) is 23.5 Å². The molecule has 0 aliphatic heterocycles. The summed E-state index contributed by atoms with van der Waals surface area (Å²) >= 11 is 0. The quantitative estimate of drug-likeness (QED) is 0.763. The number of amides is 2. The van der Waals surface area contributed by atoms with Gasteiger partial charge in [0.25, 0.3) is 0 Å². The van der Waals surface area contributed by atoms with Crippen LogP contribution in [-0.2, 0) is 9.59 Å².